The number of nitrogens with zero attached hydrogens (tertiary/aromatic N) is 4. The van der Waals surface area contributed by atoms with Gasteiger partial charge in [0.25, 0.3) is 0 Å². The second-order valence-electron chi connectivity index (χ2n) is 4.86. The third kappa shape index (κ3) is 2.59. The van der Waals surface area contributed by atoms with Crippen molar-refractivity contribution in [3.8, 4) is 0 Å². The maximum Gasteiger partial charge on any atom is 0.359 e. The van der Waals surface area contributed by atoms with Gasteiger partial charge in [-0.15, -0.1) is 0 Å². The molecule has 1 fully saturated rings. The normalized spacial score (nSPS) is 14.9. The van der Waals surface area contributed by atoms with Crippen LogP contribution in [0, 0.1) is 10.5 Å². The summed E-state index contributed by atoms with van der Waals surface area (Å²) in [6, 6.07) is 1.90. The van der Waals surface area contributed by atoms with Crippen molar-refractivity contribution in [3.63, 3.8) is 0 Å². The van der Waals surface area contributed by atoms with Crippen molar-refractivity contribution in [3.05, 3.63) is 33.0 Å². The standard InChI is InChI=1S/C13H14IN5O2/c1-7-15-4-3-9(16-7)19-5-8(6-19)11-10(14)12(18-17-11)13(20)21-2/h3-4,8H,5-6H2,1-2H3,(H,17,18). The fourth-order valence-corrected chi connectivity index (χ4v) is 3.21. The molecule has 0 radical (unpaired) electrons. The molecule has 0 amide bonds. The molecule has 3 heterocycles. The molecule has 1 aliphatic rings. The van der Waals surface area contributed by atoms with Crippen molar-refractivity contribution < 1.29 is 9.53 Å². The Kier molecular flexibility index (Phi) is 3.79. The van der Waals surface area contributed by atoms with Crippen molar-refractivity contribution in [2.24, 2.45) is 0 Å². The van der Waals surface area contributed by atoms with Crippen molar-refractivity contribution in [1.29, 1.82) is 0 Å². The van der Waals surface area contributed by atoms with Crippen LogP contribution in [0.2, 0.25) is 0 Å². The summed E-state index contributed by atoms with van der Waals surface area (Å²) in [6.45, 7) is 3.56. The molecular weight excluding hydrogens is 385 g/mol. The second kappa shape index (κ2) is 5.58. The number of nitrogens with one attached hydrogen (secondary N) is 1. The Hall–Kier alpha value is -1.71. The molecule has 0 saturated carbocycles. The highest BCUT2D eigenvalue weighted by molar-refractivity contribution is 14.1. The molecule has 7 nitrogen and oxygen atoms in total. The van der Waals surface area contributed by atoms with E-state index >= 15 is 0 Å². The number of rotatable bonds is 3. The summed E-state index contributed by atoms with van der Waals surface area (Å²) < 4.78 is 5.55. The number of hydrogen-bond acceptors (Lipinski definition) is 6. The number of halogens is 1. The smallest absolute Gasteiger partial charge is 0.359 e. The molecule has 1 aliphatic heterocycles. The third-order valence-corrected chi connectivity index (χ3v) is 4.58. The minimum absolute atomic E-state index is 0.318. The van der Waals surface area contributed by atoms with Gasteiger partial charge in [0, 0.05) is 25.2 Å². The number of aryl methyl sites for hydroxylation is 1. The first kappa shape index (κ1) is 14.2. The highest BCUT2D eigenvalue weighted by Crippen LogP contribution is 2.32. The van der Waals surface area contributed by atoms with Gasteiger partial charge in [-0.1, -0.05) is 0 Å². The van der Waals surface area contributed by atoms with Gasteiger partial charge >= 0.3 is 5.97 Å². The zero-order chi connectivity index (χ0) is 15.0. The number of aromatic nitrogens is 4. The van der Waals surface area contributed by atoms with E-state index in [1.54, 1.807) is 6.20 Å². The van der Waals surface area contributed by atoms with Crippen molar-refractivity contribution in [2.75, 3.05) is 25.1 Å². The Labute approximate surface area is 135 Å². The average Bonchev–Trinajstić information content (AvgIpc) is 2.79. The molecule has 0 bridgehead atoms. The number of ether oxygens (including phenoxy) is 1. The first-order chi connectivity index (χ1) is 10.1. The van der Waals surface area contributed by atoms with E-state index in [1.807, 2.05) is 13.0 Å². The molecule has 3 rings (SSSR count). The average molecular weight is 399 g/mol. The summed E-state index contributed by atoms with van der Waals surface area (Å²) in [5.41, 5.74) is 1.34. The molecule has 0 aliphatic carbocycles. The number of esters is 1. The number of carbonyl (C=O) groups excluding carboxylic acids is 1. The molecule has 0 spiro atoms. The van der Waals surface area contributed by atoms with Gasteiger partial charge in [0.1, 0.15) is 11.6 Å². The van der Waals surface area contributed by atoms with Crippen molar-refractivity contribution >= 4 is 34.4 Å². The van der Waals surface area contributed by atoms with Gasteiger partial charge in [-0.3, -0.25) is 5.10 Å². The fourth-order valence-electron chi connectivity index (χ4n) is 2.31. The summed E-state index contributed by atoms with van der Waals surface area (Å²) in [4.78, 5) is 22.2. The molecular formula is C13H14IN5O2. The van der Waals surface area contributed by atoms with E-state index in [4.69, 9.17) is 4.74 Å². The number of carbonyl (C=O) groups is 1. The molecule has 8 heteroatoms. The lowest BCUT2D eigenvalue weighted by atomic mass is 9.96. The molecule has 1 saturated heterocycles. The minimum atomic E-state index is -0.412. The van der Waals surface area contributed by atoms with Crippen LogP contribution in [-0.2, 0) is 4.74 Å². The lowest BCUT2D eigenvalue weighted by molar-refractivity contribution is 0.0592. The largest absolute Gasteiger partial charge is 0.464 e. The van der Waals surface area contributed by atoms with E-state index in [0.717, 1.165) is 34.0 Å². The van der Waals surface area contributed by atoms with Crippen LogP contribution in [0.5, 0.6) is 0 Å². The quantitative estimate of drug-likeness (QED) is 0.622. The maximum absolute atomic E-state index is 11.6. The SMILES string of the molecule is COC(=O)c1n[nH]c(C2CN(c3ccnc(C)n3)C2)c1I. The van der Waals surface area contributed by atoms with Crippen molar-refractivity contribution in [1.82, 2.24) is 20.2 Å². The molecule has 2 aromatic heterocycles. The van der Waals surface area contributed by atoms with Gasteiger partial charge in [-0.25, -0.2) is 14.8 Å². The predicted octanol–water partition coefficient (Wildman–Crippen LogP) is 1.50. The van der Waals surface area contributed by atoms with Gasteiger partial charge in [-0.05, 0) is 35.6 Å². The zero-order valence-electron chi connectivity index (χ0n) is 11.6. The van der Waals surface area contributed by atoms with E-state index in [0.29, 0.717) is 11.6 Å². The summed E-state index contributed by atoms with van der Waals surface area (Å²) >= 11 is 2.14. The number of hydrogen-bond donors (Lipinski definition) is 1. The fraction of sp³-hybridized carbons (Fsp3) is 0.385. The van der Waals surface area contributed by atoms with E-state index in [2.05, 4.69) is 47.7 Å². The van der Waals surface area contributed by atoms with Gasteiger partial charge in [0.2, 0.25) is 0 Å². The summed E-state index contributed by atoms with van der Waals surface area (Å²) in [5, 5.41) is 7.01. The van der Waals surface area contributed by atoms with Gasteiger partial charge in [0.05, 0.1) is 16.4 Å². The van der Waals surface area contributed by atoms with Crippen LogP contribution in [-0.4, -0.2) is 46.3 Å². The molecule has 2 aromatic rings. The number of anilines is 1. The molecule has 21 heavy (non-hydrogen) atoms. The van der Waals surface area contributed by atoms with Gasteiger partial charge in [-0.2, -0.15) is 5.10 Å². The van der Waals surface area contributed by atoms with Gasteiger partial charge in [0.15, 0.2) is 5.69 Å². The maximum atomic E-state index is 11.6. The zero-order valence-corrected chi connectivity index (χ0v) is 13.8. The first-order valence-electron chi connectivity index (χ1n) is 6.46. The number of H-pyrrole nitrogens is 1. The molecule has 110 valence electrons. The van der Waals surface area contributed by atoms with Crippen LogP contribution in [0.15, 0.2) is 12.3 Å². The predicted molar refractivity (Wildman–Crippen MR) is 84.4 cm³/mol. The van der Waals surface area contributed by atoms with Crippen LogP contribution in [0.25, 0.3) is 0 Å². The Morgan fingerprint density at radius 1 is 1.52 bits per heavy atom. The lowest BCUT2D eigenvalue weighted by Gasteiger charge is -2.39. The summed E-state index contributed by atoms with van der Waals surface area (Å²) in [5.74, 6) is 1.60. The summed E-state index contributed by atoms with van der Waals surface area (Å²) in [6.07, 6.45) is 1.76. The minimum Gasteiger partial charge on any atom is -0.464 e. The lowest BCUT2D eigenvalue weighted by Crippen LogP contribution is -2.46. The highest BCUT2D eigenvalue weighted by Gasteiger charge is 2.33. The Morgan fingerprint density at radius 3 is 2.95 bits per heavy atom. The van der Waals surface area contributed by atoms with Crippen LogP contribution in [0.4, 0.5) is 5.82 Å². The van der Waals surface area contributed by atoms with E-state index in [9.17, 15) is 4.79 Å². The second-order valence-corrected chi connectivity index (χ2v) is 5.93. The molecule has 0 atom stereocenters. The Bertz CT molecular complexity index is 681. The molecule has 0 unspecified atom stereocenters. The number of aromatic amines is 1. The van der Waals surface area contributed by atoms with E-state index < -0.39 is 5.97 Å². The monoisotopic (exact) mass is 399 g/mol. The summed E-state index contributed by atoms with van der Waals surface area (Å²) in [7, 11) is 1.36. The van der Waals surface area contributed by atoms with Crippen LogP contribution in [0.1, 0.15) is 27.9 Å². The third-order valence-electron chi connectivity index (χ3n) is 3.49. The van der Waals surface area contributed by atoms with Crippen LogP contribution < -0.4 is 4.90 Å². The van der Waals surface area contributed by atoms with Gasteiger partial charge < -0.3 is 9.64 Å². The van der Waals surface area contributed by atoms with E-state index in [1.165, 1.54) is 7.11 Å². The van der Waals surface area contributed by atoms with Crippen LogP contribution >= 0.6 is 22.6 Å². The highest BCUT2D eigenvalue weighted by atomic mass is 127. The van der Waals surface area contributed by atoms with Crippen LogP contribution in [0.3, 0.4) is 0 Å². The van der Waals surface area contributed by atoms with E-state index in [-0.39, 0.29) is 0 Å². The molecule has 0 aromatic carbocycles. The topological polar surface area (TPSA) is 84.0 Å². The molecule has 1 N–H and O–H groups in total. The number of methoxy groups -OCH3 is 1. The first-order valence-corrected chi connectivity index (χ1v) is 7.54. The van der Waals surface area contributed by atoms with Crippen molar-refractivity contribution in [2.45, 2.75) is 12.8 Å². The Balaban J connectivity index is 1.72. The Morgan fingerprint density at radius 2 is 2.29 bits per heavy atom.